The topological polar surface area (TPSA) is 24.5 Å². The monoisotopic (exact) mass is 242 g/mol. The van der Waals surface area contributed by atoms with Crippen LogP contribution in [-0.4, -0.2) is 50.3 Å². The number of nitrogens with one attached hydrogen (secondary N) is 1. The van der Waals surface area contributed by atoms with E-state index in [0.29, 0.717) is 17.6 Å². The first kappa shape index (κ1) is 14.9. The van der Waals surface area contributed by atoms with Gasteiger partial charge in [0.25, 0.3) is 0 Å². The van der Waals surface area contributed by atoms with Crippen molar-refractivity contribution in [3.8, 4) is 0 Å². The van der Waals surface area contributed by atoms with Crippen LogP contribution in [0.2, 0.25) is 0 Å². The summed E-state index contributed by atoms with van der Waals surface area (Å²) in [5.41, 5.74) is 0.317. The summed E-state index contributed by atoms with van der Waals surface area (Å²) in [7, 11) is 1.82. The highest BCUT2D eigenvalue weighted by Gasteiger charge is 2.31. The number of methoxy groups -OCH3 is 1. The number of hydrogen-bond donors (Lipinski definition) is 1. The van der Waals surface area contributed by atoms with E-state index in [2.05, 4.69) is 37.9 Å². The molecule has 0 aromatic rings. The molecule has 1 heterocycles. The third-order valence-corrected chi connectivity index (χ3v) is 4.07. The van der Waals surface area contributed by atoms with Gasteiger partial charge in [-0.05, 0) is 31.7 Å². The summed E-state index contributed by atoms with van der Waals surface area (Å²) >= 11 is 0. The molecule has 0 aromatic carbocycles. The molecule has 0 spiro atoms. The van der Waals surface area contributed by atoms with Crippen LogP contribution in [0.3, 0.4) is 0 Å². The molecular weight excluding hydrogens is 212 g/mol. The zero-order valence-corrected chi connectivity index (χ0v) is 12.3. The van der Waals surface area contributed by atoms with E-state index >= 15 is 0 Å². The van der Waals surface area contributed by atoms with Crippen molar-refractivity contribution in [2.45, 2.75) is 52.7 Å². The number of likely N-dealkylation sites (tertiary alicyclic amines) is 1. The molecule has 1 N–H and O–H groups in total. The quantitative estimate of drug-likeness (QED) is 0.740. The van der Waals surface area contributed by atoms with Crippen LogP contribution in [0.5, 0.6) is 0 Å². The highest BCUT2D eigenvalue weighted by Crippen LogP contribution is 2.24. The molecule has 0 aromatic heterocycles. The van der Waals surface area contributed by atoms with E-state index in [1.165, 1.54) is 19.4 Å². The lowest BCUT2D eigenvalue weighted by Gasteiger charge is -2.36. The van der Waals surface area contributed by atoms with Crippen LogP contribution in [0, 0.1) is 5.41 Å². The van der Waals surface area contributed by atoms with Crippen LogP contribution in [0.25, 0.3) is 0 Å². The Balaban J connectivity index is 2.37. The first-order chi connectivity index (χ1) is 7.99. The van der Waals surface area contributed by atoms with Gasteiger partial charge >= 0.3 is 0 Å². The molecule has 1 aliphatic heterocycles. The Morgan fingerprint density at radius 2 is 2.18 bits per heavy atom. The summed E-state index contributed by atoms with van der Waals surface area (Å²) in [6, 6.07) is 0.559. The Bertz CT molecular complexity index is 218. The molecule has 0 radical (unpaired) electrons. The standard InChI is InChI=1S/C14H30N2O/c1-6-8-15-12(2)14(3,4)11-16-9-7-13(10-16)17-5/h12-13,15H,6-11H2,1-5H3. The van der Waals surface area contributed by atoms with Gasteiger partial charge in [0, 0.05) is 32.8 Å². The number of rotatable bonds is 7. The van der Waals surface area contributed by atoms with E-state index in [1.807, 2.05) is 7.11 Å². The van der Waals surface area contributed by atoms with Crippen molar-refractivity contribution in [2.24, 2.45) is 5.41 Å². The van der Waals surface area contributed by atoms with Crippen molar-refractivity contribution in [3.05, 3.63) is 0 Å². The van der Waals surface area contributed by atoms with Gasteiger partial charge in [0.2, 0.25) is 0 Å². The fourth-order valence-corrected chi connectivity index (χ4v) is 2.48. The molecule has 17 heavy (non-hydrogen) atoms. The van der Waals surface area contributed by atoms with Crippen molar-refractivity contribution in [1.82, 2.24) is 10.2 Å². The molecular formula is C14H30N2O. The molecule has 0 amide bonds. The molecule has 1 saturated heterocycles. The molecule has 0 aliphatic carbocycles. The summed E-state index contributed by atoms with van der Waals surface area (Å²) in [5.74, 6) is 0. The smallest absolute Gasteiger partial charge is 0.0710 e. The van der Waals surface area contributed by atoms with E-state index < -0.39 is 0 Å². The Hall–Kier alpha value is -0.120. The highest BCUT2D eigenvalue weighted by molar-refractivity contribution is 4.87. The predicted molar refractivity (Wildman–Crippen MR) is 73.4 cm³/mol. The van der Waals surface area contributed by atoms with E-state index in [9.17, 15) is 0 Å². The van der Waals surface area contributed by atoms with Gasteiger partial charge in [0.05, 0.1) is 6.10 Å². The maximum absolute atomic E-state index is 5.42. The molecule has 2 atom stereocenters. The van der Waals surface area contributed by atoms with Gasteiger partial charge in [-0.1, -0.05) is 20.8 Å². The maximum atomic E-state index is 5.42. The highest BCUT2D eigenvalue weighted by atomic mass is 16.5. The van der Waals surface area contributed by atoms with Crippen LogP contribution in [-0.2, 0) is 4.74 Å². The normalized spacial score (nSPS) is 24.2. The maximum Gasteiger partial charge on any atom is 0.0710 e. The summed E-state index contributed by atoms with van der Waals surface area (Å²) in [6.45, 7) is 13.8. The Labute approximate surface area is 107 Å². The SMILES string of the molecule is CCCNC(C)C(C)(C)CN1CCC(OC)C1. The summed E-state index contributed by atoms with van der Waals surface area (Å²) in [4.78, 5) is 2.54. The van der Waals surface area contributed by atoms with Crippen molar-refractivity contribution in [2.75, 3.05) is 33.3 Å². The zero-order chi connectivity index (χ0) is 12.9. The third kappa shape index (κ3) is 4.57. The Morgan fingerprint density at radius 1 is 1.47 bits per heavy atom. The largest absolute Gasteiger partial charge is 0.380 e. The van der Waals surface area contributed by atoms with E-state index in [-0.39, 0.29) is 0 Å². The summed E-state index contributed by atoms with van der Waals surface area (Å²) < 4.78 is 5.42. The first-order valence-electron chi connectivity index (χ1n) is 6.98. The van der Waals surface area contributed by atoms with Gasteiger partial charge < -0.3 is 15.0 Å². The van der Waals surface area contributed by atoms with Gasteiger partial charge in [0.1, 0.15) is 0 Å². The second-order valence-corrected chi connectivity index (χ2v) is 6.05. The van der Waals surface area contributed by atoms with Gasteiger partial charge in [-0.25, -0.2) is 0 Å². The molecule has 3 heteroatoms. The average Bonchev–Trinajstić information content (AvgIpc) is 2.72. The minimum Gasteiger partial charge on any atom is -0.380 e. The fraction of sp³-hybridized carbons (Fsp3) is 1.00. The summed E-state index contributed by atoms with van der Waals surface area (Å²) in [5, 5.41) is 3.61. The van der Waals surface area contributed by atoms with E-state index in [1.54, 1.807) is 0 Å². The van der Waals surface area contributed by atoms with Crippen LogP contribution in [0.4, 0.5) is 0 Å². The van der Waals surface area contributed by atoms with Crippen molar-refractivity contribution < 1.29 is 4.74 Å². The molecule has 1 aliphatic rings. The Kier molecular flexibility index (Phi) is 5.90. The lowest BCUT2D eigenvalue weighted by molar-refractivity contribution is 0.0961. The molecule has 0 bridgehead atoms. The van der Waals surface area contributed by atoms with Crippen LogP contribution < -0.4 is 5.32 Å². The van der Waals surface area contributed by atoms with Crippen molar-refractivity contribution in [1.29, 1.82) is 0 Å². The van der Waals surface area contributed by atoms with Gasteiger partial charge in [-0.15, -0.1) is 0 Å². The number of ether oxygens (including phenoxy) is 1. The zero-order valence-electron chi connectivity index (χ0n) is 12.3. The predicted octanol–water partition coefficient (Wildman–Crippen LogP) is 2.12. The van der Waals surface area contributed by atoms with Gasteiger partial charge in [-0.2, -0.15) is 0 Å². The fourth-order valence-electron chi connectivity index (χ4n) is 2.48. The lowest BCUT2D eigenvalue weighted by atomic mass is 9.84. The third-order valence-electron chi connectivity index (χ3n) is 4.07. The van der Waals surface area contributed by atoms with Crippen LogP contribution in [0.15, 0.2) is 0 Å². The number of hydrogen-bond acceptors (Lipinski definition) is 3. The minimum atomic E-state index is 0.317. The molecule has 1 rings (SSSR count). The van der Waals surface area contributed by atoms with Gasteiger partial charge in [-0.3, -0.25) is 0 Å². The molecule has 102 valence electrons. The first-order valence-corrected chi connectivity index (χ1v) is 6.98. The second kappa shape index (κ2) is 6.72. The molecule has 2 unspecified atom stereocenters. The van der Waals surface area contributed by atoms with Gasteiger partial charge in [0.15, 0.2) is 0 Å². The molecule has 3 nitrogen and oxygen atoms in total. The van der Waals surface area contributed by atoms with Crippen LogP contribution in [0.1, 0.15) is 40.5 Å². The molecule has 0 saturated carbocycles. The van der Waals surface area contributed by atoms with Crippen molar-refractivity contribution >= 4 is 0 Å². The van der Waals surface area contributed by atoms with Crippen molar-refractivity contribution in [3.63, 3.8) is 0 Å². The summed E-state index contributed by atoms with van der Waals surface area (Å²) in [6.07, 6.45) is 2.84. The average molecular weight is 242 g/mol. The van der Waals surface area contributed by atoms with Crippen LogP contribution >= 0.6 is 0 Å². The number of nitrogens with zero attached hydrogens (tertiary/aromatic N) is 1. The van der Waals surface area contributed by atoms with E-state index in [4.69, 9.17) is 4.74 Å². The molecule has 1 fully saturated rings. The van der Waals surface area contributed by atoms with E-state index in [0.717, 1.165) is 19.6 Å². The lowest BCUT2D eigenvalue weighted by Crippen LogP contribution is -2.46. The Morgan fingerprint density at radius 3 is 2.71 bits per heavy atom. The second-order valence-electron chi connectivity index (χ2n) is 6.05. The minimum absolute atomic E-state index is 0.317.